The van der Waals surface area contributed by atoms with E-state index in [1.807, 2.05) is 66.7 Å². The lowest BCUT2D eigenvalue weighted by Gasteiger charge is -2.33. The van der Waals surface area contributed by atoms with Crippen LogP contribution in [0.5, 0.6) is 5.75 Å². The number of carbonyl (C=O) groups excluding carboxylic acids is 1. The first-order chi connectivity index (χ1) is 17.6. The minimum Gasteiger partial charge on any atom is -0.407 e. The maximum Gasteiger partial charge on any atom is 0.424 e. The number of piperazine rings is 1. The molecule has 2 aliphatic rings. The molecule has 0 saturated carbocycles. The number of ether oxygens (including phenoxy) is 1. The molecule has 4 aromatic rings. The van der Waals surface area contributed by atoms with Gasteiger partial charge in [0.1, 0.15) is 5.52 Å². The highest BCUT2D eigenvalue weighted by atomic mass is 35.5. The van der Waals surface area contributed by atoms with E-state index in [-0.39, 0.29) is 0 Å². The fraction of sp³-hybridized carbons (Fsp3) is 0.214. The van der Waals surface area contributed by atoms with Gasteiger partial charge >= 0.3 is 6.09 Å². The number of hydrogen-bond acceptors (Lipinski definition) is 6. The zero-order valence-electron chi connectivity index (χ0n) is 19.9. The highest BCUT2D eigenvalue weighted by Crippen LogP contribution is 2.48. The van der Waals surface area contributed by atoms with E-state index < -0.39 is 6.09 Å². The number of hydrogen-bond donors (Lipinski definition) is 0. The number of fused-ring (bicyclic) bond motifs is 3. The van der Waals surface area contributed by atoms with Crippen LogP contribution in [0, 0.1) is 0 Å². The van der Waals surface area contributed by atoms with Gasteiger partial charge in [-0.1, -0.05) is 47.6 Å². The molecule has 0 radical (unpaired) electrons. The minimum atomic E-state index is -0.468. The third kappa shape index (κ3) is 4.33. The van der Waals surface area contributed by atoms with E-state index in [9.17, 15) is 4.79 Å². The maximum absolute atomic E-state index is 13.9. The fourth-order valence-electron chi connectivity index (χ4n) is 4.74. The number of benzene rings is 3. The molecule has 0 atom stereocenters. The largest absolute Gasteiger partial charge is 0.424 e. The molecule has 0 aliphatic carbocycles. The molecule has 0 bridgehead atoms. The van der Waals surface area contributed by atoms with Crippen LogP contribution < -0.4 is 9.64 Å². The number of carbonyl (C=O) groups is 1. The molecule has 0 unspecified atom stereocenters. The molecular formula is C28H25ClN4O2S. The average molecular weight is 517 g/mol. The maximum atomic E-state index is 13.9. The topological polar surface area (TPSA) is 48.9 Å². The van der Waals surface area contributed by atoms with E-state index in [4.69, 9.17) is 16.3 Å². The first-order valence-corrected chi connectivity index (χ1v) is 13.1. The Morgan fingerprint density at radius 3 is 2.33 bits per heavy atom. The lowest BCUT2D eigenvalue weighted by atomic mass is 10.1. The van der Waals surface area contributed by atoms with E-state index in [0.717, 1.165) is 58.3 Å². The molecule has 36 heavy (non-hydrogen) atoms. The van der Waals surface area contributed by atoms with Crippen LogP contribution >= 0.6 is 23.4 Å². The monoisotopic (exact) mass is 516 g/mol. The van der Waals surface area contributed by atoms with Gasteiger partial charge in [-0.2, -0.15) is 0 Å². The number of halogens is 1. The number of amides is 1. The number of anilines is 2. The Kier molecular flexibility index (Phi) is 6.31. The predicted molar refractivity (Wildman–Crippen MR) is 145 cm³/mol. The summed E-state index contributed by atoms with van der Waals surface area (Å²) in [6.07, 6.45) is 1.24. The van der Waals surface area contributed by atoms with Crippen LogP contribution in [0.25, 0.3) is 10.9 Å². The molecule has 3 heterocycles. The summed E-state index contributed by atoms with van der Waals surface area (Å²) in [5, 5.41) is 1.37. The summed E-state index contributed by atoms with van der Waals surface area (Å²) in [6.45, 7) is 4.49. The van der Waals surface area contributed by atoms with Crippen molar-refractivity contribution in [2.75, 3.05) is 38.1 Å². The molecule has 182 valence electrons. The smallest absolute Gasteiger partial charge is 0.407 e. The second-order valence-electron chi connectivity index (χ2n) is 9.07. The fourth-order valence-corrected chi connectivity index (χ4v) is 6.08. The van der Waals surface area contributed by atoms with Gasteiger partial charge in [-0.3, -0.25) is 9.88 Å². The summed E-state index contributed by atoms with van der Waals surface area (Å²) in [4.78, 5) is 26.8. The van der Waals surface area contributed by atoms with Crippen molar-refractivity contribution in [1.29, 1.82) is 0 Å². The third-order valence-corrected chi connectivity index (χ3v) is 8.11. The van der Waals surface area contributed by atoms with Crippen molar-refractivity contribution >= 4 is 51.7 Å². The molecule has 6 nitrogen and oxygen atoms in total. The second-order valence-corrected chi connectivity index (χ2v) is 10.6. The minimum absolute atomic E-state index is 0.465. The van der Waals surface area contributed by atoms with E-state index in [1.165, 1.54) is 0 Å². The van der Waals surface area contributed by atoms with E-state index in [1.54, 1.807) is 22.9 Å². The van der Waals surface area contributed by atoms with Crippen molar-refractivity contribution in [3.05, 3.63) is 83.5 Å². The van der Waals surface area contributed by atoms with Crippen molar-refractivity contribution in [3.63, 3.8) is 0 Å². The standard InChI is InChI=1S/C28H25ClN4O2S/c1-31-13-15-32(16-14-31)18-19-17-21(29)20-7-6-12-30-26(20)27(19)35-28(34)33-22-8-2-4-10-24(22)36-25-11-5-3-9-23(25)33/h2-12,17H,13-16,18H2,1H3. The number of nitrogens with zero attached hydrogens (tertiary/aromatic N) is 4. The number of aromatic nitrogens is 1. The number of para-hydroxylation sites is 2. The zero-order chi connectivity index (χ0) is 24.6. The molecule has 0 N–H and O–H groups in total. The van der Waals surface area contributed by atoms with Crippen LogP contribution in [-0.2, 0) is 6.54 Å². The lowest BCUT2D eigenvalue weighted by molar-refractivity contribution is 0.147. The molecule has 1 fully saturated rings. The van der Waals surface area contributed by atoms with Gasteiger partial charge < -0.3 is 9.64 Å². The van der Waals surface area contributed by atoms with Crippen LogP contribution in [0.1, 0.15) is 5.56 Å². The Labute approximate surface area is 219 Å². The van der Waals surface area contributed by atoms with Gasteiger partial charge in [0.2, 0.25) is 0 Å². The highest BCUT2D eigenvalue weighted by molar-refractivity contribution is 7.99. The Balaban J connectivity index is 1.41. The van der Waals surface area contributed by atoms with Crippen molar-refractivity contribution in [2.45, 2.75) is 16.3 Å². The molecule has 8 heteroatoms. The van der Waals surface area contributed by atoms with Gasteiger partial charge in [-0.25, -0.2) is 9.69 Å². The van der Waals surface area contributed by atoms with Gasteiger partial charge in [0.25, 0.3) is 0 Å². The van der Waals surface area contributed by atoms with E-state index in [0.29, 0.717) is 22.8 Å². The summed E-state index contributed by atoms with van der Waals surface area (Å²) in [6, 6.07) is 21.4. The summed E-state index contributed by atoms with van der Waals surface area (Å²) in [7, 11) is 2.13. The molecule has 0 spiro atoms. The van der Waals surface area contributed by atoms with Gasteiger partial charge in [-0.05, 0) is 49.5 Å². The Hall–Kier alpha value is -3.10. The summed E-state index contributed by atoms with van der Waals surface area (Å²) >= 11 is 8.32. The second kappa shape index (κ2) is 9.75. The highest BCUT2D eigenvalue weighted by Gasteiger charge is 2.31. The van der Waals surface area contributed by atoms with Crippen molar-refractivity contribution in [2.24, 2.45) is 0 Å². The van der Waals surface area contributed by atoms with Gasteiger partial charge in [0.15, 0.2) is 5.75 Å². The molecule has 3 aromatic carbocycles. The molecule has 1 aromatic heterocycles. The van der Waals surface area contributed by atoms with E-state index in [2.05, 4.69) is 21.8 Å². The van der Waals surface area contributed by atoms with Crippen LogP contribution in [0.4, 0.5) is 16.2 Å². The molecule has 1 saturated heterocycles. The zero-order valence-corrected chi connectivity index (χ0v) is 21.4. The van der Waals surface area contributed by atoms with Gasteiger partial charge in [0, 0.05) is 59.7 Å². The van der Waals surface area contributed by atoms with Crippen LogP contribution in [0.2, 0.25) is 5.02 Å². The summed E-state index contributed by atoms with van der Waals surface area (Å²) in [5.74, 6) is 0.465. The van der Waals surface area contributed by atoms with Crippen LogP contribution in [0.15, 0.2) is 82.7 Å². The van der Waals surface area contributed by atoms with Crippen LogP contribution in [0.3, 0.4) is 0 Å². The van der Waals surface area contributed by atoms with Gasteiger partial charge in [0.05, 0.1) is 16.4 Å². The molecule has 1 amide bonds. The first-order valence-electron chi connectivity index (χ1n) is 11.9. The Bertz CT molecular complexity index is 1410. The quantitative estimate of drug-likeness (QED) is 0.312. The lowest BCUT2D eigenvalue weighted by Crippen LogP contribution is -2.44. The van der Waals surface area contributed by atoms with Crippen molar-refractivity contribution in [1.82, 2.24) is 14.8 Å². The number of rotatable bonds is 3. The summed E-state index contributed by atoms with van der Waals surface area (Å²) in [5.41, 5.74) is 3.06. The average Bonchev–Trinajstić information content (AvgIpc) is 2.90. The summed E-state index contributed by atoms with van der Waals surface area (Å²) < 4.78 is 6.25. The third-order valence-electron chi connectivity index (χ3n) is 6.67. The van der Waals surface area contributed by atoms with Crippen molar-refractivity contribution < 1.29 is 9.53 Å². The van der Waals surface area contributed by atoms with Crippen LogP contribution in [-0.4, -0.2) is 54.1 Å². The Morgan fingerprint density at radius 1 is 0.972 bits per heavy atom. The predicted octanol–water partition coefficient (Wildman–Crippen LogP) is 6.44. The normalized spacial score (nSPS) is 16.0. The van der Waals surface area contributed by atoms with E-state index >= 15 is 0 Å². The first kappa shape index (κ1) is 23.3. The molecular weight excluding hydrogens is 492 g/mol. The SMILES string of the molecule is CN1CCN(Cc2cc(Cl)c3cccnc3c2OC(=O)N2c3ccccc3Sc3ccccc32)CC1. The number of pyridine rings is 1. The number of likely N-dealkylation sites (N-methyl/N-ethyl adjacent to an activating group) is 1. The molecule has 6 rings (SSSR count). The molecule has 2 aliphatic heterocycles. The van der Waals surface area contributed by atoms with Gasteiger partial charge in [-0.15, -0.1) is 0 Å². The Morgan fingerprint density at radius 2 is 1.64 bits per heavy atom. The van der Waals surface area contributed by atoms with Crippen molar-refractivity contribution in [3.8, 4) is 5.75 Å².